The molecule has 0 spiro atoms. The Balaban J connectivity index is 2.36. The lowest BCUT2D eigenvalue weighted by Crippen LogP contribution is -2.42. The molecule has 0 bridgehead atoms. The second-order valence-corrected chi connectivity index (χ2v) is 6.00. The van der Waals surface area contributed by atoms with Crippen LogP contribution in [0.5, 0.6) is 0 Å². The number of nitrogens with one attached hydrogen (secondary N) is 2. The molecule has 0 saturated heterocycles. The molecule has 0 aliphatic rings. The molecule has 1 amide bonds. The number of carbonyl (C=O) groups excluding carboxylic acids is 1. The summed E-state index contributed by atoms with van der Waals surface area (Å²) in [5.74, 6) is -0.241. The minimum atomic E-state index is -0.499. The first-order valence-electron chi connectivity index (χ1n) is 7.25. The van der Waals surface area contributed by atoms with Crippen LogP contribution in [0, 0.1) is 5.82 Å². The normalized spacial score (nSPS) is 12.8. The van der Waals surface area contributed by atoms with Gasteiger partial charge in [-0.25, -0.2) is 9.18 Å². The first kappa shape index (κ1) is 17.4. The Morgan fingerprint density at radius 3 is 2.67 bits per heavy atom. The lowest BCUT2D eigenvalue weighted by atomic mass is 10.2. The highest BCUT2D eigenvalue weighted by molar-refractivity contribution is 5.67. The molecule has 21 heavy (non-hydrogen) atoms. The van der Waals surface area contributed by atoms with Crippen LogP contribution in [-0.4, -0.2) is 24.3 Å². The summed E-state index contributed by atoms with van der Waals surface area (Å²) >= 11 is 0. The Morgan fingerprint density at radius 1 is 1.38 bits per heavy atom. The minimum absolute atomic E-state index is 0.112. The van der Waals surface area contributed by atoms with E-state index in [0.717, 1.165) is 12.0 Å². The van der Waals surface area contributed by atoms with Gasteiger partial charge in [0.2, 0.25) is 0 Å². The SMILES string of the molecule is CCC(CNC(=O)OC(C)(C)C)NCc1cccc(F)c1. The molecule has 1 aromatic carbocycles. The number of ether oxygens (including phenoxy) is 1. The van der Waals surface area contributed by atoms with Gasteiger partial charge in [0.1, 0.15) is 11.4 Å². The number of amides is 1. The van der Waals surface area contributed by atoms with Crippen molar-refractivity contribution in [1.82, 2.24) is 10.6 Å². The fourth-order valence-electron chi connectivity index (χ4n) is 1.79. The van der Waals surface area contributed by atoms with Crippen LogP contribution in [0.2, 0.25) is 0 Å². The topological polar surface area (TPSA) is 50.4 Å². The summed E-state index contributed by atoms with van der Waals surface area (Å²) in [6, 6.07) is 6.59. The largest absolute Gasteiger partial charge is 0.444 e. The third-order valence-electron chi connectivity index (χ3n) is 2.87. The number of carbonyl (C=O) groups is 1. The van der Waals surface area contributed by atoms with E-state index in [1.165, 1.54) is 12.1 Å². The number of hydrogen-bond donors (Lipinski definition) is 2. The maximum atomic E-state index is 13.1. The van der Waals surface area contributed by atoms with Gasteiger partial charge in [-0.05, 0) is 44.9 Å². The van der Waals surface area contributed by atoms with Crippen molar-refractivity contribution in [3.63, 3.8) is 0 Å². The summed E-state index contributed by atoms with van der Waals surface area (Å²) < 4.78 is 18.3. The molecule has 1 atom stereocenters. The fourth-order valence-corrected chi connectivity index (χ4v) is 1.79. The van der Waals surface area contributed by atoms with Crippen molar-refractivity contribution in [3.8, 4) is 0 Å². The van der Waals surface area contributed by atoms with Gasteiger partial charge >= 0.3 is 6.09 Å². The summed E-state index contributed by atoms with van der Waals surface area (Å²) in [5, 5.41) is 6.03. The van der Waals surface area contributed by atoms with Crippen LogP contribution in [-0.2, 0) is 11.3 Å². The smallest absolute Gasteiger partial charge is 0.407 e. The highest BCUT2D eigenvalue weighted by Crippen LogP contribution is 2.07. The van der Waals surface area contributed by atoms with Crippen LogP contribution in [0.1, 0.15) is 39.7 Å². The summed E-state index contributed by atoms with van der Waals surface area (Å²) in [6.45, 7) is 8.54. The highest BCUT2D eigenvalue weighted by atomic mass is 19.1. The molecule has 0 aromatic heterocycles. The van der Waals surface area contributed by atoms with E-state index in [1.54, 1.807) is 6.07 Å². The molecule has 0 fully saturated rings. The Morgan fingerprint density at radius 2 is 2.10 bits per heavy atom. The van der Waals surface area contributed by atoms with Crippen LogP contribution in [0.3, 0.4) is 0 Å². The molecule has 0 radical (unpaired) electrons. The van der Waals surface area contributed by atoms with Gasteiger partial charge in [-0.1, -0.05) is 19.1 Å². The highest BCUT2D eigenvalue weighted by Gasteiger charge is 2.16. The van der Waals surface area contributed by atoms with Crippen molar-refractivity contribution >= 4 is 6.09 Å². The molecule has 0 aliphatic carbocycles. The number of rotatable bonds is 6. The Hall–Kier alpha value is -1.62. The van der Waals surface area contributed by atoms with Crippen LogP contribution >= 0.6 is 0 Å². The van der Waals surface area contributed by atoms with E-state index in [-0.39, 0.29) is 11.9 Å². The predicted molar refractivity (Wildman–Crippen MR) is 81.6 cm³/mol. The molecule has 118 valence electrons. The zero-order chi connectivity index (χ0) is 15.9. The number of alkyl carbamates (subject to hydrolysis) is 1. The van der Waals surface area contributed by atoms with Crippen LogP contribution in [0.25, 0.3) is 0 Å². The number of hydrogen-bond acceptors (Lipinski definition) is 3. The Bertz CT molecular complexity index is 458. The summed E-state index contributed by atoms with van der Waals surface area (Å²) in [5.41, 5.74) is 0.381. The van der Waals surface area contributed by atoms with Gasteiger partial charge in [-0.2, -0.15) is 0 Å². The van der Waals surface area contributed by atoms with E-state index in [2.05, 4.69) is 10.6 Å². The van der Waals surface area contributed by atoms with Gasteiger partial charge in [-0.15, -0.1) is 0 Å². The van der Waals surface area contributed by atoms with Crippen molar-refractivity contribution in [2.75, 3.05) is 6.54 Å². The quantitative estimate of drug-likeness (QED) is 0.847. The average Bonchev–Trinajstić information content (AvgIpc) is 2.37. The third-order valence-corrected chi connectivity index (χ3v) is 2.87. The third kappa shape index (κ3) is 7.66. The van der Waals surface area contributed by atoms with Crippen molar-refractivity contribution in [1.29, 1.82) is 0 Å². The molecule has 4 nitrogen and oxygen atoms in total. The van der Waals surface area contributed by atoms with Crippen molar-refractivity contribution in [2.24, 2.45) is 0 Å². The van der Waals surface area contributed by atoms with Gasteiger partial charge in [0.25, 0.3) is 0 Å². The standard InChI is InChI=1S/C16H25FN2O2/c1-5-14(11-19-15(20)21-16(2,3)4)18-10-12-7-6-8-13(17)9-12/h6-9,14,18H,5,10-11H2,1-4H3,(H,19,20). The number of benzene rings is 1. The summed E-state index contributed by atoms with van der Waals surface area (Å²) in [6.07, 6.45) is 0.430. The van der Waals surface area contributed by atoms with Gasteiger partial charge in [-0.3, -0.25) is 0 Å². The van der Waals surface area contributed by atoms with Gasteiger partial charge < -0.3 is 15.4 Å². The lowest BCUT2D eigenvalue weighted by molar-refractivity contribution is 0.0522. The van der Waals surface area contributed by atoms with Crippen molar-refractivity contribution < 1.29 is 13.9 Å². The maximum Gasteiger partial charge on any atom is 0.407 e. The predicted octanol–water partition coefficient (Wildman–Crippen LogP) is 3.22. The molecule has 5 heteroatoms. The summed E-state index contributed by atoms with van der Waals surface area (Å²) in [7, 11) is 0. The second-order valence-electron chi connectivity index (χ2n) is 6.00. The fraction of sp³-hybridized carbons (Fsp3) is 0.562. The monoisotopic (exact) mass is 296 g/mol. The zero-order valence-corrected chi connectivity index (χ0v) is 13.2. The van der Waals surface area contributed by atoms with E-state index in [4.69, 9.17) is 4.74 Å². The molecule has 2 N–H and O–H groups in total. The lowest BCUT2D eigenvalue weighted by Gasteiger charge is -2.22. The van der Waals surface area contributed by atoms with E-state index < -0.39 is 11.7 Å². The molecule has 0 heterocycles. The molecular formula is C16H25FN2O2. The van der Waals surface area contributed by atoms with Crippen molar-refractivity contribution in [3.05, 3.63) is 35.6 Å². The molecule has 0 saturated carbocycles. The van der Waals surface area contributed by atoms with Crippen LogP contribution in [0.4, 0.5) is 9.18 Å². The Kier molecular flexibility index (Phi) is 6.62. The Labute approximate surface area is 126 Å². The first-order valence-corrected chi connectivity index (χ1v) is 7.25. The molecule has 1 unspecified atom stereocenters. The molecule has 0 aliphatic heterocycles. The molecule has 1 aromatic rings. The van der Waals surface area contributed by atoms with Gasteiger partial charge in [0.15, 0.2) is 0 Å². The zero-order valence-electron chi connectivity index (χ0n) is 13.2. The average molecular weight is 296 g/mol. The first-order chi connectivity index (χ1) is 9.80. The van der Waals surface area contributed by atoms with E-state index in [9.17, 15) is 9.18 Å². The molecular weight excluding hydrogens is 271 g/mol. The van der Waals surface area contributed by atoms with Gasteiger partial charge in [0.05, 0.1) is 0 Å². The second kappa shape index (κ2) is 7.98. The maximum absolute atomic E-state index is 13.1. The molecule has 1 rings (SSSR count). The number of halogens is 1. The van der Waals surface area contributed by atoms with Gasteiger partial charge in [0, 0.05) is 19.1 Å². The minimum Gasteiger partial charge on any atom is -0.444 e. The van der Waals surface area contributed by atoms with Crippen molar-refractivity contribution in [2.45, 2.75) is 52.3 Å². The van der Waals surface area contributed by atoms with Crippen LogP contribution in [0.15, 0.2) is 24.3 Å². The van der Waals surface area contributed by atoms with E-state index in [1.807, 2.05) is 33.8 Å². The van der Waals surface area contributed by atoms with E-state index >= 15 is 0 Å². The van der Waals surface area contributed by atoms with Crippen LogP contribution < -0.4 is 10.6 Å². The summed E-state index contributed by atoms with van der Waals surface area (Å²) in [4.78, 5) is 11.6. The van der Waals surface area contributed by atoms with E-state index in [0.29, 0.717) is 13.1 Å².